The van der Waals surface area contributed by atoms with Crippen molar-refractivity contribution in [3.63, 3.8) is 0 Å². The van der Waals surface area contributed by atoms with Crippen LogP contribution in [0.1, 0.15) is 30.9 Å². The Morgan fingerprint density at radius 1 is 1.31 bits per heavy atom. The Kier molecular flexibility index (Phi) is 3.44. The molecule has 0 radical (unpaired) electrons. The zero-order valence-corrected chi connectivity index (χ0v) is 9.96. The predicted molar refractivity (Wildman–Crippen MR) is 65.3 cm³/mol. The average Bonchev–Trinajstić information content (AvgIpc) is 2.30. The molecular weight excluding hydrogens is 203 g/mol. The molecule has 1 aliphatic rings. The van der Waals surface area contributed by atoms with Gasteiger partial charge in [0.25, 0.3) is 0 Å². The first-order valence-electron chi connectivity index (χ1n) is 5.88. The van der Waals surface area contributed by atoms with Crippen molar-refractivity contribution in [3.8, 4) is 0 Å². The Labute approximate surface area is 96.5 Å². The van der Waals surface area contributed by atoms with E-state index in [1.54, 1.807) is 6.07 Å². The first kappa shape index (κ1) is 11.4. The molecule has 16 heavy (non-hydrogen) atoms. The number of piperidine rings is 1. The highest BCUT2D eigenvalue weighted by Gasteiger charge is 2.16. The Balaban J connectivity index is 2.24. The van der Waals surface area contributed by atoms with Crippen molar-refractivity contribution in [1.82, 2.24) is 5.32 Å². The van der Waals surface area contributed by atoms with Crippen molar-refractivity contribution < 1.29 is 4.39 Å². The molecule has 2 nitrogen and oxygen atoms in total. The third-order valence-corrected chi connectivity index (χ3v) is 3.16. The molecule has 3 heteroatoms. The standard InChI is InChI=1S/C13H19FN2/c1-16(2)13-9-10(6-7-11(13)14)12-5-3-4-8-15-12/h6-7,9,12,15H,3-5,8H2,1-2H3. The highest BCUT2D eigenvalue weighted by atomic mass is 19.1. The molecule has 1 fully saturated rings. The number of hydrogen-bond acceptors (Lipinski definition) is 2. The summed E-state index contributed by atoms with van der Waals surface area (Å²) in [6, 6.07) is 5.82. The van der Waals surface area contributed by atoms with Gasteiger partial charge >= 0.3 is 0 Å². The summed E-state index contributed by atoms with van der Waals surface area (Å²) in [7, 11) is 3.74. The lowest BCUT2D eigenvalue weighted by Gasteiger charge is -2.25. The smallest absolute Gasteiger partial charge is 0.146 e. The fraction of sp³-hybridized carbons (Fsp3) is 0.538. The Morgan fingerprint density at radius 2 is 2.12 bits per heavy atom. The van der Waals surface area contributed by atoms with E-state index in [9.17, 15) is 4.39 Å². The summed E-state index contributed by atoms with van der Waals surface area (Å²) in [6.07, 6.45) is 3.66. The molecule has 88 valence electrons. The van der Waals surface area contributed by atoms with Crippen LogP contribution in [0.2, 0.25) is 0 Å². The molecule has 0 bridgehead atoms. The monoisotopic (exact) mass is 222 g/mol. The minimum Gasteiger partial charge on any atom is -0.375 e. The van der Waals surface area contributed by atoms with Gasteiger partial charge in [-0.1, -0.05) is 12.5 Å². The molecule has 0 spiro atoms. The second-order valence-electron chi connectivity index (χ2n) is 4.61. The van der Waals surface area contributed by atoms with Gasteiger partial charge in [0.15, 0.2) is 0 Å². The fourth-order valence-corrected chi connectivity index (χ4v) is 2.23. The van der Waals surface area contributed by atoms with E-state index >= 15 is 0 Å². The van der Waals surface area contributed by atoms with Gasteiger partial charge in [-0.3, -0.25) is 0 Å². The van der Waals surface area contributed by atoms with E-state index in [1.165, 1.54) is 18.4 Å². The number of nitrogens with one attached hydrogen (secondary N) is 1. The predicted octanol–water partition coefficient (Wildman–Crippen LogP) is 2.71. The number of anilines is 1. The van der Waals surface area contributed by atoms with Gasteiger partial charge in [0.1, 0.15) is 5.82 Å². The van der Waals surface area contributed by atoms with Crippen molar-refractivity contribution in [3.05, 3.63) is 29.6 Å². The highest BCUT2D eigenvalue weighted by molar-refractivity contribution is 5.49. The van der Waals surface area contributed by atoms with Gasteiger partial charge in [0.05, 0.1) is 5.69 Å². The van der Waals surface area contributed by atoms with E-state index in [1.807, 2.05) is 31.1 Å². The van der Waals surface area contributed by atoms with Crippen LogP contribution in [0.25, 0.3) is 0 Å². The van der Waals surface area contributed by atoms with E-state index in [-0.39, 0.29) is 5.82 Å². The Bertz CT molecular complexity index is 357. The Morgan fingerprint density at radius 3 is 2.75 bits per heavy atom. The van der Waals surface area contributed by atoms with E-state index in [0.29, 0.717) is 11.7 Å². The second-order valence-corrected chi connectivity index (χ2v) is 4.61. The first-order valence-corrected chi connectivity index (χ1v) is 5.88. The van der Waals surface area contributed by atoms with Gasteiger partial charge in [-0.05, 0) is 37.1 Å². The highest BCUT2D eigenvalue weighted by Crippen LogP contribution is 2.27. The fourth-order valence-electron chi connectivity index (χ4n) is 2.23. The minimum absolute atomic E-state index is 0.149. The first-order chi connectivity index (χ1) is 7.68. The van der Waals surface area contributed by atoms with Crippen molar-refractivity contribution in [2.24, 2.45) is 0 Å². The quantitative estimate of drug-likeness (QED) is 0.827. The third-order valence-electron chi connectivity index (χ3n) is 3.16. The van der Waals surface area contributed by atoms with Gasteiger partial charge in [-0.15, -0.1) is 0 Å². The lowest BCUT2D eigenvalue weighted by atomic mass is 9.97. The average molecular weight is 222 g/mol. The molecule has 1 unspecified atom stereocenters. The van der Waals surface area contributed by atoms with Crippen LogP contribution < -0.4 is 10.2 Å². The topological polar surface area (TPSA) is 15.3 Å². The van der Waals surface area contributed by atoms with Crippen molar-refractivity contribution in [2.75, 3.05) is 25.5 Å². The normalized spacial score (nSPS) is 20.8. The van der Waals surface area contributed by atoms with Gasteiger partial charge in [0.2, 0.25) is 0 Å². The van der Waals surface area contributed by atoms with Crippen LogP contribution in [-0.4, -0.2) is 20.6 Å². The molecule has 2 rings (SSSR count). The van der Waals surface area contributed by atoms with Crippen LogP contribution in [0, 0.1) is 5.82 Å². The molecule has 1 saturated heterocycles. The lowest BCUT2D eigenvalue weighted by molar-refractivity contribution is 0.412. The van der Waals surface area contributed by atoms with Crippen LogP contribution in [-0.2, 0) is 0 Å². The van der Waals surface area contributed by atoms with Crippen LogP contribution in [0.5, 0.6) is 0 Å². The van der Waals surface area contributed by atoms with Crippen LogP contribution in [0.4, 0.5) is 10.1 Å². The summed E-state index contributed by atoms with van der Waals surface area (Å²) in [5.41, 5.74) is 1.87. The van der Waals surface area contributed by atoms with E-state index in [0.717, 1.165) is 13.0 Å². The number of benzene rings is 1. The molecule has 1 N–H and O–H groups in total. The van der Waals surface area contributed by atoms with Crippen molar-refractivity contribution >= 4 is 5.69 Å². The van der Waals surface area contributed by atoms with Crippen LogP contribution >= 0.6 is 0 Å². The molecule has 0 aromatic heterocycles. The minimum atomic E-state index is -0.149. The Hall–Kier alpha value is -1.09. The molecule has 1 aromatic carbocycles. The summed E-state index contributed by atoms with van der Waals surface area (Å²) >= 11 is 0. The van der Waals surface area contributed by atoms with Crippen LogP contribution in [0.3, 0.4) is 0 Å². The SMILES string of the molecule is CN(C)c1cc(C2CCCCN2)ccc1F. The second kappa shape index (κ2) is 4.83. The lowest BCUT2D eigenvalue weighted by Crippen LogP contribution is -2.27. The zero-order valence-electron chi connectivity index (χ0n) is 9.96. The summed E-state index contributed by atoms with van der Waals surface area (Å²) < 4.78 is 13.5. The van der Waals surface area contributed by atoms with Crippen molar-refractivity contribution in [1.29, 1.82) is 0 Å². The van der Waals surface area contributed by atoms with Gasteiger partial charge < -0.3 is 10.2 Å². The molecule has 0 aliphatic carbocycles. The number of rotatable bonds is 2. The summed E-state index contributed by atoms with van der Waals surface area (Å²) in [5.74, 6) is -0.149. The summed E-state index contributed by atoms with van der Waals surface area (Å²) in [6.45, 7) is 1.07. The number of hydrogen-bond donors (Lipinski definition) is 1. The largest absolute Gasteiger partial charge is 0.375 e. The molecule has 1 heterocycles. The van der Waals surface area contributed by atoms with Crippen LogP contribution in [0.15, 0.2) is 18.2 Å². The maximum Gasteiger partial charge on any atom is 0.146 e. The van der Waals surface area contributed by atoms with Gasteiger partial charge in [-0.2, -0.15) is 0 Å². The molecule has 0 amide bonds. The van der Waals surface area contributed by atoms with E-state index in [2.05, 4.69) is 5.32 Å². The molecular formula is C13H19FN2. The molecule has 1 atom stereocenters. The maximum atomic E-state index is 13.5. The molecule has 1 aliphatic heterocycles. The van der Waals surface area contributed by atoms with Gasteiger partial charge in [-0.25, -0.2) is 4.39 Å². The molecule has 1 aromatic rings. The maximum absolute atomic E-state index is 13.5. The third kappa shape index (κ3) is 2.35. The zero-order chi connectivity index (χ0) is 11.5. The molecule has 0 saturated carbocycles. The summed E-state index contributed by atoms with van der Waals surface area (Å²) in [5, 5.41) is 3.48. The number of halogens is 1. The van der Waals surface area contributed by atoms with Crippen molar-refractivity contribution in [2.45, 2.75) is 25.3 Å². The number of nitrogens with zero attached hydrogens (tertiary/aromatic N) is 1. The summed E-state index contributed by atoms with van der Waals surface area (Å²) in [4.78, 5) is 1.82. The van der Waals surface area contributed by atoms with E-state index < -0.39 is 0 Å². The van der Waals surface area contributed by atoms with Gasteiger partial charge in [0, 0.05) is 20.1 Å². The van der Waals surface area contributed by atoms with E-state index in [4.69, 9.17) is 0 Å².